The molecule has 0 spiro atoms. The number of aliphatic imine (C=N–C) groups is 1. The summed E-state index contributed by atoms with van der Waals surface area (Å²) in [5.41, 5.74) is 10.6. The van der Waals surface area contributed by atoms with E-state index in [0.29, 0.717) is 32.5 Å². The SMILES string of the molecule is COC(=O)[C@@]1(C)C[C@@H](CNC(=O)CCCCCN=C(N)N)N(CCCc2ccccc2)C1=O.Cl. The fourth-order valence-electron chi connectivity index (χ4n) is 4.21. The smallest absolute Gasteiger partial charge is 0.321 e. The Morgan fingerprint density at radius 2 is 1.88 bits per heavy atom. The highest BCUT2D eigenvalue weighted by atomic mass is 35.5. The lowest BCUT2D eigenvalue weighted by Gasteiger charge is -2.25. The highest BCUT2D eigenvalue weighted by Crippen LogP contribution is 2.37. The van der Waals surface area contributed by atoms with E-state index in [-0.39, 0.29) is 36.2 Å². The van der Waals surface area contributed by atoms with Crippen LogP contribution in [0.5, 0.6) is 0 Å². The molecule has 1 aliphatic rings. The van der Waals surface area contributed by atoms with Gasteiger partial charge in [0.1, 0.15) is 5.41 Å². The van der Waals surface area contributed by atoms with Gasteiger partial charge in [0, 0.05) is 26.1 Å². The van der Waals surface area contributed by atoms with Crippen LogP contribution in [0.3, 0.4) is 0 Å². The number of carbonyl (C=O) groups is 3. The molecule has 34 heavy (non-hydrogen) atoms. The second-order valence-electron chi connectivity index (χ2n) is 8.69. The van der Waals surface area contributed by atoms with Gasteiger partial charge in [-0.1, -0.05) is 36.8 Å². The molecular weight excluding hydrogens is 458 g/mol. The van der Waals surface area contributed by atoms with Gasteiger partial charge >= 0.3 is 5.97 Å². The molecule has 1 fully saturated rings. The highest BCUT2D eigenvalue weighted by Gasteiger charge is 2.53. The Morgan fingerprint density at radius 3 is 2.53 bits per heavy atom. The molecule has 0 saturated carbocycles. The first-order chi connectivity index (χ1) is 15.8. The van der Waals surface area contributed by atoms with E-state index < -0.39 is 11.4 Å². The molecule has 0 aliphatic carbocycles. The third-order valence-corrected chi connectivity index (χ3v) is 6.05. The van der Waals surface area contributed by atoms with Crippen molar-refractivity contribution in [3.63, 3.8) is 0 Å². The minimum absolute atomic E-state index is 0. The zero-order valence-corrected chi connectivity index (χ0v) is 20.9. The predicted octanol–water partition coefficient (Wildman–Crippen LogP) is 1.77. The van der Waals surface area contributed by atoms with E-state index in [9.17, 15) is 14.4 Å². The van der Waals surface area contributed by atoms with E-state index in [2.05, 4.69) is 22.4 Å². The van der Waals surface area contributed by atoms with Crippen LogP contribution >= 0.6 is 12.4 Å². The Balaban J connectivity index is 0.00000578. The van der Waals surface area contributed by atoms with Gasteiger partial charge in [-0.05, 0) is 44.6 Å². The van der Waals surface area contributed by atoms with E-state index in [1.165, 1.54) is 12.7 Å². The predicted molar refractivity (Wildman–Crippen MR) is 134 cm³/mol. The van der Waals surface area contributed by atoms with Crippen LogP contribution in [0.15, 0.2) is 35.3 Å². The molecule has 2 atom stereocenters. The molecular formula is C24H38ClN5O4. The summed E-state index contributed by atoms with van der Waals surface area (Å²) in [6.07, 6.45) is 4.71. The van der Waals surface area contributed by atoms with Gasteiger partial charge in [0.25, 0.3) is 0 Å². The Labute approximate surface area is 208 Å². The number of halogens is 1. The van der Waals surface area contributed by atoms with Crippen molar-refractivity contribution in [2.75, 3.05) is 26.7 Å². The van der Waals surface area contributed by atoms with Crippen LogP contribution in [0, 0.1) is 5.41 Å². The van der Waals surface area contributed by atoms with Crippen LogP contribution in [0.2, 0.25) is 0 Å². The zero-order chi connectivity index (χ0) is 24.3. The topological polar surface area (TPSA) is 140 Å². The quantitative estimate of drug-likeness (QED) is 0.125. The summed E-state index contributed by atoms with van der Waals surface area (Å²) in [4.78, 5) is 43.4. The van der Waals surface area contributed by atoms with Gasteiger partial charge in [-0.15, -0.1) is 12.4 Å². The van der Waals surface area contributed by atoms with E-state index in [1.54, 1.807) is 11.8 Å². The average Bonchev–Trinajstić information content (AvgIpc) is 3.05. The number of aryl methyl sites for hydroxylation is 1. The van der Waals surface area contributed by atoms with Gasteiger partial charge < -0.3 is 26.4 Å². The van der Waals surface area contributed by atoms with E-state index >= 15 is 0 Å². The van der Waals surface area contributed by atoms with Gasteiger partial charge in [0.05, 0.1) is 13.2 Å². The van der Waals surface area contributed by atoms with Crippen molar-refractivity contribution in [1.82, 2.24) is 10.2 Å². The number of likely N-dealkylation sites (tertiary alicyclic amines) is 1. The molecule has 0 aromatic heterocycles. The minimum atomic E-state index is -1.22. The molecule has 0 unspecified atom stereocenters. The lowest BCUT2D eigenvalue weighted by molar-refractivity contribution is -0.157. The molecule has 1 aromatic carbocycles. The molecule has 1 aromatic rings. The molecule has 190 valence electrons. The molecule has 1 heterocycles. The number of benzene rings is 1. The average molecular weight is 496 g/mol. The van der Waals surface area contributed by atoms with Crippen LogP contribution in [-0.4, -0.2) is 61.4 Å². The largest absolute Gasteiger partial charge is 0.468 e. The first kappa shape index (κ1) is 29.2. The molecule has 1 aliphatic heterocycles. The Kier molecular flexibility index (Phi) is 12.4. The number of nitrogens with zero attached hydrogens (tertiary/aromatic N) is 2. The number of amides is 2. The standard InChI is InChI=1S/C24H37N5O4.ClH/c1-24(22(32)33-2)16-19(17-28-20(30)13-7-4-8-14-27-23(25)26)29(21(24)31)15-9-12-18-10-5-3-6-11-18;/h3,5-6,10-11,19H,4,7-9,12-17H2,1-2H3,(H,28,30)(H4,25,26,27);1H/t19-,24-;/m0./s1. The molecule has 0 bridgehead atoms. The normalized spacial score (nSPS) is 19.3. The van der Waals surface area contributed by atoms with Gasteiger partial charge in [-0.25, -0.2) is 0 Å². The lowest BCUT2D eigenvalue weighted by atomic mass is 9.87. The number of nitrogens with one attached hydrogen (secondary N) is 1. The Hall–Kier alpha value is -2.81. The van der Waals surface area contributed by atoms with Crippen molar-refractivity contribution in [2.45, 2.75) is 57.9 Å². The number of carbonyl (C=O) groups excluding carboxylic acids is 3. The molecule has 10 heteroatoms. The number of nitrogens with two attached hydrogens (primary N) is 2. The number of guanidine groups is 1. The van der Waals surface area contributed by atoms with E-state index in [4.69, 9.17) is 16.2 Å². The number of rotatable bonds is 13. The summed E-state index contributed by atoms with van der Waals surface area (Å²) in [7, 11) is 1.29. The highest BCUT2D eigenvalue weighted by molar-refractivity contribution is 6.04. The van der Waals surface area contributed by atoms with Crippen LogP contribution in [0.4, 0.5) is 0 Å². The molecule has 0 radical (unpaired) electrons. The van der Waals surface area contributed by atoms with Crippen LogP contribution in [0.25, 0.3) is 0 Å². The minimum Gasteiger partial charge on any atom is -0.468 e. The van der Waals surface area contributed by atoms with Gasteiger partial charge in [-0.3, -0.25) is 19.4 Å². The van der Waals surface area contributed by atoms with Crippen molar-refractivity contribution in [3.8, 4) is 0 Å². The summed E-state index contributed by atoms with van der Waals surface area (Å²) in [5, 5.41) is 2.93. The maximum atomic E-state index is 13.1. The molecule has 2 amide bonds. The maximum absolute atomic E-state index is 13.1. The summed E-state index contributed by atoms with van der Waals surface area (Å²) in [6, 6.07) is 9.81. The Morgan fingerprint density at radius 1 is 1.18 bits per heavy atom. The number of methoxy groups -OCH3 is 1. The maximum Gasteiger partial charge on any atom is 0.321 e. The van der Waals surface area contributed by atoms with Gasteiger partial charge in [0.2, 0.25) is 11.8 Å². The Bertz CT molecular complexity index is 832. The van der Waals surface area contributed by atoms with Crippen molar-refractivity contribution in [2.24, 2.45) is 21.9 Å². The number of ether oxygens (including phenoxy) is 1. The van der Waals surface area contributed by atoms with Crippen LogP contribution in [0.1, 0.15) is 51.0 Å². The first-order valence-corrected chi connectivity index (χ1v) is 11.5. The zero-order valence-electron chi connectivity index (χ0n) is 20.1. The van der Waals surface area contributed by atoms with Crippen LogP contribution in [-0.2, 0) is 25.5 Å². The van der Waals surface area contributed by atoms with Gasteiger partial charge in [0.15, 0.2) is 5.96 Å². The molecule has 5 N–H and O–H groups in total. The third kappa shape index (κ3) is 8.52. The summed E-state index contributed by atoms with van der Waals surface area (Å²) in [6.45, 7) is 3.02. The van der Waals surface area contributed by atoms with E-state index in [0.717, 1.165) is 32.1 Å². The molecule has 2 rings (SSSR count). The fraction of sp³-hybridized carbons (Fsp3) is 0.583. The number of unbranched alkanes of at least 4 members (excludes halogenated alkanes) is 2. The van der Waals surface area contributed by atoms with Crippen molar-refractivity contribution >= 4 is 36.2 Å². The van der Waals surface area contributed by atoms with E-state index in [1.807, 2.05) is 18.2 Å². The number of hydrogen-bond acceptors (Lipinski definition) is 5. The van der Waals surface area contributed by atoms with Crippen molar-refractivity contribution < 1.29 is 19.1 Å². The van der Waals surface area contributed by atoms with Crippen molar-refractivity contribution in [3.05, 3.63) is 35.9 Å². The summed E-state index contributed by atoms with van der Waals surface area (Å²) in [5.74, 6) is -0.761. The van der Waals surface area contributed by atoms with Crippen molar-refractivity contribution in [1.29, 1.82) is 0 Å². The van der Waals surface area contributed by atoms with Crippen LogP contribution < -0.4 is 16.8 Å². The number of esters is 1. The lowest BCUT2D eigenvalue weighted by Crippen LogP contribution is -2.43. The van der Waals surface area contributed by atoms with Gasteiger partial charge in [-0.2, -0.15) is 0 Å². The molecule has 9 nitrogen and oxygen atoms in total. The summed E-state index contributed by atoms with van der Waals surface area (Å²) < 4.78 is 4.91. The monoisotopic (exact) mass is 495 g/mol. The molecule has 1 saturated heterocycles. The second-order valence-corrected chi connectivity index (χ2v) is 8.69. The third-order valence-electron chi connectivity index (χ3n) is 6.05. The summed E-state index contributed by atoms with van der Waals surface area (Å²) >= 11 is 0. The second kappa shape index (κ2) is 14.5. The fourth-order valence-corrected chi connectivity index (χ4v) is 4.21. The number of hydrogen-bond donors (Lipinski definition) is 3. The first-order valence-electron chi connectivity index (χ1n) is 11.5.